The maximum absolute atomic E-state index is 12.4. The number of primary amides is 1. The molecule has 0 atom stereocenters. The van der Waals surface area contributed by atoms with Crippen LogP contribution in [-0.4, -0.2) is 43.2 Å². The lowest BCUT2D eigenvalue weighted by Crippen LogP contribution is -2.33. The normalized spacial score (nSPS) is 17.9. The largest absolute Gasteiger partial charge is 0.366 e. The van der Waals surface area contributed by atoms with E-state index in [1.54, 1.807) is 11.8 Å². The van der Waals surface area contributed by atoms with Crippen molar-refractivity contribution in [1.29, 1.82) is 0 Å². The van der Waals surface area contributed by atoms with Crippen LogP contribution in [0.2, 0.25) is 0 Å². The predicted molar refractivity (Wildman–Crippen MR) is 75.7 cm³/mol. The zero-order valence-corrected chi connectivity index (χ0v) is 12.0. The van der Waals surface area contributed by atoms with Crippen molar-refractivity contribution in [3.8, 4) is 0 Å². The van der Waals surface area contributed by atoms with Gasteiger partial charge in [0, 0.05) is 24.4 Å². The highest BCUT2D eigenvalue weighted by Crippen LogP contribution is 2.20. The lowest BCUT2D eigenvalue weighted by Gasteiger charge is -2.19. The zero-order valence-electron chi connectivity index (χ0n) is 10.4. The highest BCUT2D eigenvalue weighted by atomic mass is 32.2. The molecule has 5 nitrogen and oxygen atoms in total. The van der Waals surface area contributed by atoms with Crippen molar-refractivity contribution in [2.45, 2.75) is 11.3 Å². The monoisotopic (exact) mass is 300 g/mol. The molecule has 7 heteroatoms. The Balaban J connectivity index is 2.25. The van der Waals surface area contributed by atoms with Crippen LogP contribution < -0.4 is 5.73 Å². The molecule has 0 spiro atoms. The zero-order chi connectivity index (χ0) is 13.9. The number of rotatable bonds is 3. The molecule has 1 aliphatic rings. The van der Waals surface area contributed by atoms with Gasteiger partial charge in [-0.1, -0.05) is 0 Å². The Hall–Kier alpha value is -1.05. The van der Waals surface area contributed by atoms with Crippen LogP contribution in [-0.2, 0) is 10.0 Å². The second kappa shape index (κ2) is 5.94. The third-order valence-corrected chi connectivity index (χ3v) is 5.92. The summed E-state index contributed by atoms with van der Waals surface area (Å²) in [7, 11) is -3.46. The van der Waals surface area contributed by atoms with E-state index in [9.17, 15) is 13.2 Å². The number of benzene rings is 1. The summed E-state index contributed by atoms with van der Waals surface area (Å²) in [4.78, 5) is 11.2. The Morgan fingerprint density at radius 2 is 1.84 bits per heavy atom. The quantitative estimate of drug-likeness (QED) is 0.900. The van der Waals surface area contributed by atoms with Gasteiger partial charge in [-0.05, 0) is 36.4 Å². The first-order valence-corrected chi connectivity index (χ1v) is 8.59. The molecule has 0 aromatic heterocycles. The first-order chi connectivity index (χ1) is 9.01. The number of carbonyl (C=O) groups excluding carboxylic acids is 1. The van der Waals surface area contributed by atoms with Crippen LogP contribution >= 0.6 is 11.8 Å². The topological polar surface area (TPSA) is 80.5 Å². The van der Waals surface area contributed by atoms with Gasteiger partial charge in [0.05, 0.1) is 4.90 Å². The van der Waals surface area contributed by atoms with Crippen LogP contribution in [0.4, 0.5) is 0 Å². The molecule has 104 valence electrons. The molecule has 0 saturated carbocycles. The van der Waals surface area contributed by atoms with E-state index in [4.69, 9.17) is 5.73 Å². The Morgan fingerprint density at radius 1 is 1.16 bits per heavy atom. The Bertz CT molecular complexity index is 547. The smallest absolute Gasteiger partial charge is 0.248 e. The first-order valence-electron chi connectivity index (χ1n) is 5.99. The summed E-state index contributed by atoms with van der Waals surface area (Å²) in [6.45, 7) is 1.08. The van der Waals surface area contributed by atoms with Crippen molar-refractivity contribution in [3.63, 3.8) is 0 Å². The molecule has 1 heterocycles. The maximum atomic E-state index is 12.4. The Morgan fingerprint density at radius 3 is 2.47 bits per heavy atom. The second-order valence-corrected chi connectivity index (χ2v) is 7.42. The maximum Gasteiger partial charge on any atom is 0.248 e. The molecule has 1 saturated heterocycles. The first kappa shape index (κ1) is 14.4. The molecule has 1 aromatic carbocycles. The van der Waals surface area contributed by atoms with Gasteiger partial charge in [-0.2, -0.15) is 16.1 Å². The van der Waals surface area contributed by atoms with Gasteiger partial charge in [-0.25, -0.2) is 8.42 Å². The molecule has 2 rings (SSSR count). The fourth-order valence-corrected chi connectivity index (χ4v) is 4.39. The highest BCUT2D eigenvalue weighted by molar-refractivity contribution is 7.99. The van der Waals surface area contributed by atoms with Crippen molar-refractivity contribution in [1.82, 2.24) is 4.31 Å². The molecule has 0 aliphatic carbocycles. The summed E-state index contributed by atoms with van der Waals surface area (Å²) < 4.78 is 26.3. The number of amides is 1. The van der Waals surface area contributed by atoms with E-state index >= 15 is 0 Å². The lowest BCUT2D eigenvalue weighted by atomic mass is 10.2. The van der Waals surface area contributed by atoms with Gasteiger partial charge in [-0.3, -0.25) is 4.79 Å². The van der Waals surface area contributed by atoms with E-state index < -0.39 is 15.9 Å². The van der Waals surface area contributed by atoms with E-state index in [2.05, 4.69) is 0 Å². The van der Waals surface area contributed by atoms with Gasteiger partial charge in [0.1, 0.15) is 0 Å². The Kier molecular flexibility index (Phi) is 4.49. The van der Waals surface area contributed by atoms with E-state index in [1.807, 2.05) is 0 Å². The molecule has 0 radical (unpaired) electrons. The third-order valence-electron chi connectivity index (χ3n) is 2.96. The van der Waals surface area contributed by atoms with Gasteiger partial charge >= 0.3 is 0 Å². The summed E-state index contributed by atoms with van der Waals surface area (Å²) in [5, 5.41) is 0. The molecule has 1 amide bonds. The minimum Gasteiger partial charge on any atom is -0.366 e. The van der Waals surface area contributed by atoms with E-state index in [0.29, 0.717) is 18.7 Å². The summed E-state index contributed by atoms with van der Waals surface area (Å²) >= 11 is 1.77. The van der Waals surface area contributed by atoms with Gasteiger partial charge in [0.25, 0.3) is 0 Å². The van der Waals surface area contributed by atoms with E-state index in [1.165, 1.54) is 28.6 Å². The fourth-order valence-electron chi connectivity index (χ4n) is 1.90. The van der Waals surface area contributed by atoms with E-state index in [-0.39, 0.29) is 4.90 Å². The summed E-state index contributed by atoms with van der Waals surface area (Å²) in [6.07, 6.45) is 0.864. The SMILES string of the molecule is NC(=O)c1ccc(S(=O)(=O)N2CCCSCC2)cc1. The minimum atomic E-state index is -3.46. The van der Waals surface area contributed by atoms with Crippen molar-refractivity contribution in [3.05, 3.63) is 29.8 Å². The standard InChI is InChI=1S/C12H16N2O3S2/c13-12(15)10-2-4-11(5-3-10)19(16,17)14-6-1-8-18-9-7-14/h2-5H,1,6-9H2,(H2,13,15). The fraction of sp³-hybridized carbons (Fsp3) is 0.417. The molecule has 19 heavy (non-hydrogen) atoms. The number of carbonyl (C=O) groups is 1. The molecule has 1 aromatic rings. The third kappa shape index (κ3) is 3.29. The predicted octanol–water partition coefficient (Wildman–Crippen LogP) is 0.913. The van der Waals surface area contributed by atoms with Crippen LogP contribution in [0.25, 0.3) is 0 Å². The van der Waals surface area contributed by atoms with Crippen LogP contribution in [0.1, 0.15) is 16.8 Å². The number of thioether (sulfide) groups is 1. The lowest BCUT2D eigenvalue weighted by molar-refractivity contribution is 0.1000. The van der Waals surface area contributed by atoms with Gasteiger partial charge in [0.15, 0.2) is 0 Å². The number of nitrogens with two attached hydrogens (primary N) is 1. The van der Waals surface area contributed by atoms with Gasteiger partial charge in [-0.15, -0.1) is 0 Å². The number of hydrogen-bond acceptors (Lipinski definition) is 4. The van der Waals surface area contributed by atoms with Crippen LogP contribution in [0.15, 0.2) is 29.2 Å². The molecule has 0 unspecified atom stereocenters. The number of hydrogen-bond donors (Lipinski definition) is 1. The average molecular weight is 300 g/mol. The van der Waals surface area contributed by atoms with Crippen molar-refractivity contribution in [2.75, 3.05) is 24.6 Å². The minimum absolute atomic E-state index is 0.212. The number of sulfonamides is 1. The molecular weight excluding hydrogens is 284 g/mol. The molecular formula is C12H16N2O3S2. The Labute approximate surface area is 117 Å². The average Bonchev–Trinajstić information content (AvgIpc) is 2.68. The summed E-state index contributed by atoms with van der Waals surface area (Å²) in [6, 6.07) is 5.77. The van der Waals surface area contributed by atoms with Gasteiger partial charge < -0.3 is 5.73 Å². The van der Waals surface area contributed by atoms with Crippen molar-refractivity contribution >= 4 is 27.7 Å². The highest BCUT2D eigenvalue weighted by Gasteiger charge is 2.25. The van der Waals surface area contributed by atoms with Crippen molar-refractivity contribution < 1.29 is 13.2 Å². The van der Waals surface area contributed by atoms with E-state index in [0.717, 1.165) is 17.9 Å². The van der Waals surface area contributed by atoms with Crippen molar-refractivity contribution in [2.24, 2.45) is 5.73 Å². The molecule has 1 aliphatic heterocycles. The summed E-state index contributed by atoms with van der Waals surface area (Å²) in [5.41, 5.74) is 5.45. The number of nitrogens with zero attached hydrogens (tertiary/aromatic N) is 1. The molecule has 0 bridgehead atoms. The van der Waals surface area contributed by atoms with Crippen LogP contribution in [0.3, 0.4) is 0 Å². The van der Waals surface area contributed by atoms with Crippen LogP contribution in [0, 0.1) is 0 Å². The molecule has 1 fully saturated rings. The molecule has 2 N–H and O–H groups in total. The summed E-state index contributed by atoms with van der Waals surface area (Å²) in [5.74, 6) is 1.25. The van der Waals surface area contributed by atoms with Crippen LogP contribution in [0.5, 0.6) is 0 Å². The van der Waals surface area contributed by atoms with Gasteiger partial charge in [0.2, 0.25) is 15.9 Å². The second-order valence-electron chi connectivity index (χ2n) is 4.26.